The van der Waals surface area contributed by atoms with E-state index in [1.807, 2.05) is 43.3 Å². The number of para-hydroxylation sites is 1. The van der Waals surface area contributed by atoms with E-state index in [1.165, 1.54) is 0 Å². The number of rotatable bonds is 7. The number of carbonyl (C=O) groups is 2. The maximum absolute atomic E-state index is 12.3. The van der Waals surface area contributed by atoms with Crippen LogP contribution >= 0.6 is 0 Å². The van der Waals surface area contributed by atoms with Gasteiger partial charge in [0, 0.05) is 30.5 Å². The molecule has 0 aliphatic carbocycles. The van der Waals surface area contributed by atoms with E-state index in [-0.39, 0.29) is 18.4 Å². The molecular formula is C19H23N3O2. The second kappa shape index (κ2) is 8.72. The molecule has 2 N–H and O–H groups in total. The largest absolute Gasteiger partial charge is 0.376 e. The van der Waals surface area contributed by atoms with E-state index in [0.29, 0.717) is 12.1 Å². The maximum Gasteiger partial charge on any atom is 0.251 e. The van der Waals surface area contributed by atoms with Gasteiger partial charge in [0.15, 0.2) is 0 Å². The second-order valence-electron chi connectivity index (χ2n) is 5.48. The van der Waals surface area contributed by atoms with Gasteiger partial charge in [-0.05, 0) is 36.8 Å². The van der Waals surface area contributed by atoms with Crippen LogP contribution in [-0.2, 0) is 4.79 Å². The minimum atomic E-state index is -0.103. The van der Waals surface area contributed by atoms with E-state index in [2.05, 4.69) is 10.6 Å². The molecule has 0 saturated carbocycles. The molecule has 0 radical (unpaired) electrons. The summed E-state index contributed by atoms with van der Waals surface area (Å²) in [6, 6.07) is 16.6. The average Bonchev–Trinajstić information content (AvgIpc) is 2.64. The highest BCUT2D eigenvalue weighted by atomic mass is 16.2. The third-order valence-electron chi connectivity index (χ3n) is 3.62. The van der Waals surface area contributed by atoms with Crippen molar-refractivity contribution in [3.8, 4) is 0 Å². The summed E-state index contributed by atoms with van der Waals surface area (Å²) in [5.74, 6) is -0.157. The highest BCUT2D eigenvalue weighted by Gasteiger charge is 2.11. The zero-order valence-corrected chi connectivity index (χ0v) is 14.1. The zero-order chi connectivity index (χ0) is 17.4. The molecule has 0 unspecified atom stereocenters. The van der Waals surface area contributed by atoms with Crippen molar-refractivity contribution < 1.29 is 9.59 Å². The van der Waals surface area contributed by atoms with Gasteiger partial charge in [0.1, 0.15) is 0 Å². The van der Waals surface area contributed by atoms with Gasteiger partial charge in [-0.25, -0.2) is 0 Å². The van der Waals surface area contributed by atoms with Crippen molar-refractivity contribution in [1.82, 2.24) is 5.32 Å². The topological polar surface area (TPSA) is 61.4 Å². The van der Waals surface area contributed by atoms with Gasteiger partial charge >= 0.3 is 0 Å². The lowest BCUT2D eigenvalue weighted by Crippen LogP contribution is -2.32. The highest BCUT2D eigenvalue weighted by molar-refractivity contribution is 5.97. The fraction of sp³-hybridized carbons (Fsp3) is 0.263. The van der Waals surface area contributed by atoms with Gasteiger partial charge in [-0.2, -0.15) is 0 Å². The van der Waals surface area contributed by atoms with Gasteiger partial charge in [-0.1, -0.05) is 31.2 Å². The monoisotopic (exact) mass is 325 g/mol. The van der Waals surface area contributed by atoms with E-state index in [1.54, 1.807) is 30.1 Å². The van der Waals surface area contributed by atoms with Crippen molar-refractivity contribution in [2.24, 2.45) is 0 Å². The second-order valence-corrected chi connectivity index (χ2v) is 5.48. The lowest BCUT2D eigenvalue weighted by molar-refractivity contribution is -0.116. The molecule has 0 aliphatic rings. The Bertz CT molecular complexity index is 686. The number of carbonyl (C=O) groups excluding carboxylic acids is 2. The number of hydrogen-bond donors (Lipinski definition) is 2. The van der Waals surface area contributed by atoms with Gasteiger partial charge in [-0.15, -0.1) is 0 Å². The third-order valence-corrected chi connectivity index (χ3v) is 3.62. The molecule has 0 bridgehead atoms. The van der Waals surface area contributed by atoms with Gasteiger partial charge in [-0.3, -0.25) is 9.59 Å². The van der Waals surface area contributed by atoms with Gasteiger partial charge < -0.3 is 15.5 Å². The quantitative estimate of drug-likeness (QED) is 0.823. The Kier molecular flexibility index (Phi) is 6.37. The summed E-state index contributed by atoms with van der Waals surface area (Å²) in [6.45, 7) is 2.81. The summed E-state index contributed by atoms with van der Waals surface area (Å²) in [4.78, 5) is 25.8. The Labute approximate surface area is 142 Å². The number of nitrogens with zero attached hydrogens (tertiary/aromatic N) is 1. The molecule has 24 heavy (non-hydrogen) atoms. The predicted octanol–water partition coefficient (Wildman–Crippen LogP) is 2.90. The van der Waals surface area contributed by atoms with E-state index >= 15 is 0 Å². The molecule has 2 aromatic carbocycles. The van der Waals surface area contributed by atoms with Gasteiger partial charge in [0.05, 0.1) is 6.54 Å². The smallest absolute Gasteiger partial charge is 0.251 e. The van der Waals surface area contributed by atoms with Crippen LogP contribution in [-0.4, -0.2) is 32.0 Å². The minimum absolute atomic E-state index is 0.0537. The van der Waals surface area contributed by atoms with Crippen LogP contribution in [0, 0.1) is 0 Å². The van der Waals surface area contributed by atoms with Crippen LogP contribution in [0.3, 0.4) is 0 Å². The van der Waals surface area contributed by atoms with Crippen molar-refractivity contribution in [2.45, 2.75) is 13.3 Å². The van der Waals surface area contributed by atoms with Crippen molar-refractivity contribution in [1.29, 1.82) is 0 Å². The number of hydrogen-bond acceptors (Lipinski definition) is 3. The molecule has 0 saturated heterocycles. The molecule has 0 fully saturated rings. The van der Waals surface area contributed by atoms with Crippen LogP contribution < -0.4 is 15.5 Å². The van der Waals surface area contributed by atoms with Crippen molar-refractivity contribution in [3.63, 3.8) is 0 Å². The van der Waals surface area contributed by atoms with Crippen LogP contribution in [0.1, 0.15) is 23.7 Å². The predicted molar refractivity (Wildman–Crippen MR) is 97.4 cm³/mol. The molecule has 0 spiro atoms. The highest BCUT2D eigenvalue weighted by Crippen LogP contribution is 2.13. The Hall–Kier alpha value is -2.82. The summed E-state index contributed by atoms with van der Waals surface area (Å²) in [6.07, 6.45) is 0.893. The molecule has 2 aromatic rings. The number of anilines is 2. The first-order valence-electron chi connectivity index (χ1n) is 8.05. The lowest BCUT2D eigenvalue weighted by atomic mass is 10.2. The van der Waals surface area contributed by atoms with Crippen LogP contribution in [0.5, 0.6) is 0 Å². The Morgan fingerprint density at radius 3 is 2.50 bits per heavy atom. The number of benzene rings is 2. The van der Waals surface area contributed by atoms with Gasteiger partial charge in [0.25, 0.3) is 5.91 Å². The standard InChI is InChI=1S/C19H23N3O2/c1-3-12-20-19(24)15-8-7-9-16(13-15)21-14-18(23)22(2)17-10-5-4-6-11-17/h4-11,13,21H,3,12,14H2,1-2H3,(H,20,24). The summed E-state index contributed by atoms with van der Waals surface area (Å²) in [7, 11) is 1.74. The Morgan fingerprint density at radius 1 is 1.04 bits per heavy atom. The number of likely N-dealkylation sites (N-methyl/N-ethyl adjacent to an activating group) is 1. The fourth-order valence-electron chi connectivity index (χ4n) is 2.20. The molecule has 5 nitrogen and oxygen atoms in total. The number of nitrogens with one attached hydrogen (secondary N) is 2. The molecule has 2 amide bonds. The van der Waals surface area contributed by atoms with Gasteiger partial charge in [0.2, 0.25) is 5.91 Å². The summed E-state index contributed by atoms with van der Waals surface area (Å²) in [5.41, 5.74) is 2.17. The first-order chi connectivity index (χ1) is 11.6. The third kappa shape index (κ3) is 4.84. The average molecular weight is 325 g/mol. The van der Waals surface area contributed by atoms with Crippen molar-refractivity contribution in [2.75, 3.05) is 30.4 Å². The Balaban J connectivity index is 1.94. The van der Waals surface area contributed by atoms with Crippen molar-refractivity contribution in [3.05, 3.63) is 60.2 Å². The molecule has 5 heteroatoms. The summed E-state index contributed by atoms with van der Waals surface area (Å²) in [5, 5.41) is 5.91. The van der Waals surface area contributed by atoms with Crippen LogP contribution in [0.2, 0.25) is 0 Å². The van der Waals surface area contributed by atoms with E-state index in [9.17, 15) is 9.59 Å². The molecule has 0 atom stereocenters. The molecular weight excluding hydrogens is 302 g/mol. The SMILES string of the molecule is CCCNC(=O)c1cccc(NCC(=O)N(C)c2ccccc2)c1. The maximum atomic E-state index is 12.3. The first kappa shape index (κ1) is 17.5. The van der Waals surface area contributed by atoms with E-state index < -0.39 is 0 Å². The molecule has 2 rings (SSSR count). The van der Waals surface area contributed by atoms with Crippen LogP contribution in [0.25, 0.3) is 0 Å². The van der Waals surface area contributed by atoms with Crippen LogP contribution in [0.15, 0.2) is 54.6 Å². The Morgan fingerprint density at radius 2 is 1.79 bits per heavy atom. The molecule has 0 heterocycles. The lowest BCUT2D eigenvalue weighted by Gasteiger charge is -2.18. The summed E-state index contributed by atoms with van der Waals surface area (Å²) < 4.78 is 0. The zero-order valence-electron chi connectivity index (χ0n) is 14.1. The van der Waals surface area contributed by atoms with E-state index in [0.717, 1.165) is 17.8 Å². The van der Waals surface area contributed by atoms with Crippen molar-refractivity contribution >= 4 is 23.2 Å². The first-order valence-corrected chi connectivity index (χ1v) is 8.05. The fourth-order valence-corrected chi connectivity index (χ4v) is 2.20. The van der Waals surface area contributed by atoms with Crippen LogP contribution in [0.4, 0.5) is 11.4 Å². The summed E-state index contributed by atoms with van der Waals surface area (Å²) >= 11 is 0. The van der Waals surface area contributed by atoms with E-state index in [4.69, 9.17) is 0 Å². The normalized spacial score (nSPS) is 10.1. The number of amides is 2. The minimum Gasteiger partial charge on any atom is -0.376 e. The molecule has 126 valence electrons. The molecule has 0 aliphatic heterocycles. The molecule has 0 aromatic heterocycles.